The van der Waals surface area contributed by atoms with Crippen molar-refractivity contribution in [1.29, 1.82) is 0 Å². The molecule has 1 saturated carbocycles. The number of aryl methyl sites for hydroxylation is 1. The first-order valence-electron chi connectivity index (χ1n) is 10.5. The van der Waals surface area contributed by atoms with E-state index in [0.29, 0.717) is 0 Å². The average molecular weight is 443 g/mol. The molecule has 0 radical (unpaired) electrons. The molecule has 0 saturated heterocycles. The molecule has 0 aromatic heterocycles. The summed E-state index contributed by atoms with van der Waals surface area (Å²) in [5, 5.41) is 19.7. The zero-order valence-corrected chi connectivity index (χ0v) is 19.4. The fraction of sp³-hybridized carbons (Fsp3) is 0.400. The van der Waals surface area contributed by atoms with Crippen molar-refractivity contribution in [3.8, 4) is 0 Å². The van der Waals surface area contributed by atoms with Gasteiger partial charge in [-0.15, -0.1) is 9.24 Å². The minimum absolute atomic E-state index is 0.0240. The van der Waals surface area contributed by atoms with Crippen molar-refractivity contribution in [3.63, 3.8) is 0 Å². The largest absolute Gasteiger partial charge is 0.481 e. The fourth-order valence-electron chi connectivity index (χ4n) is 3.92. The summed E-state index contributed by atoms with van der Waals surface area (Å²) in [7, 11) is 2.61. The van der Waals surface area contributed by atoms with E-state index in [1.165, 1.54) is 16.7 Å². The summed E-state index contributed by atoms with van der Waals surface area (Å²) in [5.41, 5.74) is 4.60. The lowest BCUT2D eigenvalue weighted by Gasteiger charge is -2.22. The molecule has 1 aliphatic rings. The molecular weight excluding hydrogens is 411 g/mol. The van der Waals surface area contributed by atoms with Crippen molar-refractivity contribution < 1.29 is 15.0 Å². The molecule has 2 unspecified atom stereocenters. The molecule has 3 rings (SSSR count). The molecule has 2 aromatic carbocycles. The molecule has 1 aliphatic carbocycles. The van der Waals surface area contributed by atoms with E-state index in [2.05, 4.69) is 45.6 Å². The number of carboxylic acid groups (broad SMARTS) is 1. The first kappa shape index (κ1) is 23.1. The number of rotatable bonds is 11. The molecule has 0 amide bonds. The Bertz CT molecular complexity index is 889. The summed E-state index contributed by atoms with van der Waals surface area (Å²) in [6, 6.07) is 16.7. The van der Waals surface area contributed by atoms with Gasteiger partial charge in [-0.25, -0.2) is 0 Å². The molecule has 1 fully saturated rings. The Kier molecular flexibility index (Phi) is 8.16. The van der Waals surface area contributed by atoms with E-state index < -0.39 is 12.1 Å². The third kappa shape index (κ3) is 6.44. The number of hydrogen-bond acceptors (Lipinski definition) is 3. The van der Waals surface area contributed by atoms with E-state index in [4.69, 9.17) is 0 Å². The Morgan fingerprint density at radius 2 is 2.00 bits per heavy atom. The maximum absolute atomic E-state index is 11.3. The highest BCUT2D eigenvalue weighted by Crippen LogP contribution is 2.53. The number of aliphatic hydroxyl groups is 1. The molecule has 5 heteroatoms. The van der Waals surface area contributed by atoms with Crippen molar-refractivity contribution in [2.45, 2.75) is 50.4 Å². The minimum Gasteiger partial charge on any atom is -0.481 e. The van der Waals surface area contributed by atoms with Crippen molar-refractivity contribution in [1.82, 2.24) is 0 Å². The summed E-state index contributed by atoms with van der Waals surface area (Å²) in [5.74, 6) is 2.15. The van der Waals surface area contributed by atoms with E-state index in [-0.39, 0.29) is 17.1 Å². The number of aliphatic carboxylic acids is 1. The van der Waals surface area contributed by atoms with Crippen LogP contribution in [0.3, 0.4) is 0 Å². The molecule has 0 spiro atoms. The Hall–Kier alpha value is -1.61. The summed E-state index contributed by atoms with van der Waals surface area (Å²) >= 11 is 1.89. The predicted molar refractivity (Wildman–Crippen MR) is 130 cm³/mol. The van der Waals surface area contributed by atoms with Gasteiger partial charge in [0.2, 0.25) is 0 Å². The molecule has 30 heavy (non-hydrogen) atoms. The second-order valence-corrected chi connectivity index (χ2v) is 9.89. The van der Waals surface area contributed by atoms with Crippen LogP contribution in [-0.4, -0.2) is 21.9 Å². The Balaban J connectivity index is 1.77. The third-order valence-corrected chi connectivity index (χ3v) is 7.71. The molecule has 0 bridgehead atoms. The average Bonchev–Trinajstić information content (AvgIpc) is 3.47. The smallest absolute Gasteiger partial charge is 0.303 e. The Morgan fingerprint density at radius 3 is 2.67 bits per heavy atom. The minimum atomic E-state index is -0.692. The second kappa shape index (κ2) is 10.6. The molecule has 2 aromatic rings. The lowest BCUT2D eigenvalue weighted by Crippen LogP contribution is -2.12. The van der Waals surface area contributed by atoms with Crippen LogP contribution in [0.15, 0.2) is 54.3 Å². The highest BCUT2D eigenvalue weighted by Gasteiger charge is 2.44. The molecular formula is C25H31O3PS. The molecule has 0 heterocycles. The second-order valence-electron chi connectivity index (χ2n) is 8.31. The monoisotopic (exact) mass is 442 g/mol. The highest BCUT2D eigenvalue weighted by atomic mass is 32.2. The normalized spacial score (nSPS) is 17.0. The SMILES string of the molecule is CC(O)c1ccccc1CC[C@@H](SCC1(CC(=O)O)CC1)c1cccc(/C=C/P)c1. The van der Waals surface area contributed by atoms with Gasteiger partial charge in [-0.2, -0.15) is 11.8 Å². The Labute approximate surface area is 186 Å². The molecule has 3 nitrogen and oxygen atoms in total. The number of thioether (sulfide) groups is 1. The molecule has 2 N–H and O–H groups in total. The predicted octanol–water partition coefficient (Wildman–Crippen LogP) is 6.25. The van der Waals surface area contributed by atoms with Crippen LogP contribution in [0.5, 0.6) is 0 Å². The maximum Gasteiger partial charge on any atom is 0.303 e. The Morgan fingerprint density at radius 1 is 1.23 bits per heavy atom. The van der Waals surface area contributed by atoms with Crippen LogP contribution in [0.1, 0.15) is 66.2 Å². The number of carboxylic acids is 1. The third-order valence-electron chi connectivity index (χ3n) is 5.83. The van der Waals surface area contributed by atoms with E-state index >= 15 is 0 Å². The molecule has 160 valence electrons. The van der Waals surface area contributed by atoms with Gasteiger partial charge in [-0.05, 0) is 60.3 Å². The van der Waals surface area contributed by atoms with Crippen LogP contribution < -0.4 is 0 Å². The summed E-state index contributed by atoms with van der Waals surface area (Å²) in [4.78, 5) is 11.3. The number of benzene rings is 2. The van der Waals surface area contributed by atoms with Gasteiger partial charge < -0.3 is 10.2 Å². The summed E-state index contributed by atoms with van der Waals surface area (Å²) in [6.45, 7) is 1.81. The summed E-state index contributed by atoms with van der Waals surface area (Å²) in [6.07, 6.45) is 5.73. The zero-order chi connectivity index (χ0) is 21.6. The van der Waals surface area contributed by atoms with Gasteiger partial charge in [-0.3, -0.25) is 4.79 Å². The van der Waals surface area contributed by atoms with E-state index in [0.717, 1.165) is 37.0 Å². The number of aliphatic hydroxyl groups excluding tert-OH is 1. The van der Waals surface area contributed by atoms with Gasteiger partial charge in [0.25, 0.3) is 0 Å². The first-order valence-corrected chi connectivity index (χ1v) is 12.2. The van der Waals surface area contributed by atoms with Crippen LogP contribution in [-0.2, 0) is 11.2 Å². The lowest BCUT2D eigenvalue weighted by atomic mass is 9.96. The summed E-state index contributed by atoms with van der Waals surface area (Å²) < 4.78 is 0. The zero-order valence-electron chi connectivity index (χ0n) is 17.5. The standard InChI is InChI=1S/C25H31O3PS/c1-18(26)22-8-3-2-6-20(22)9-10-23(21-7-4-5-19(15-21)11-14-29)30-17-25(12-13-25)16-24(27)28/h2-8,11,14-15,18,23,26H,9-10,12-13,16-17,29H2,1H3,(H,27,28)/b14-11+/t18?,23-/m1/s1. The van der Waals surface area contributed by atoms with Crippen molar-refractivity contribution >= 4 is 33.0 Å². The van der Waals surface area contributed by atoms with Gasteiger partial charge in [-0.1, -0.05) is 60.4 Å². The highest BCUT2D eigenvalue weighted by molar-refractivity contribution is 7.99. The molecule has 3 atom stereocenters. The quantitative estimate of drug-likeness (QED) is 0.404. The number of hydrogen-bond donors (Lipinski definition) is 2. The van der Waals surface area contributed by atoms with Gasteiger partial charge in [0, 0.05) is 11.0 Å². The van der Waals surface area contributed by atoms with Gasteiger partial charge in [0.05, 0.1) is 12.5 Å². The van der Waals surface area contributed by atoms with Crippen LogP contribution in [0.4, 0.5) is 0 Å². The fourth-order valence-corrected chi connectivity index (χ4v) is 5.71. The van der Waals surface area contributed by atoms with E-state index in [1.54, 1.807) is 0 Å². The van der Waals surface area contributed by atoms with E-state index in [1.807, 2.05) is 42.7 Å². The van der Waals surface area contributed by atoms with Crippen molar-refractivity contribution in [3.05, 3.63) is 76.6 Å². The van der Waals surface area contributed by atoms with E-state index in [9.17, 15) is 15.0 Å². The first-order chi connectivity index (χ1) is 14.4. The lowest BCUT2D eigenvalue weighted by molar-refractivity contribution is -0.138. The topological polar surface area (TPSA) is 57.5 Å². The van der Waals surface area contributed by atoms with Crippen molar-refractivity contribution in [2.75, 3.05) is 5.75 Å². The van der Waals surface area contributed by atoms with Crippen LogP contribution in [0, 0.1) is 5.41 Å². The van der Waals surface area contributed by atoms with Crippen LogP contribution >= 0.6 is 21.0 Å². The van der Waals surface area contributed by atoms with Crippen LogP contribution in [0.2, 0.25) is 0 Å². The van der Waals surface area contributed by atoms with Gasteiger partial charge >= 0.3 is 5.97 Å². The van der Waals surface area contributed by atoms with Gasteiger partial charge in [0.15, 0.2) is 0 Å². The van der Waals surface area contributed by atoms with Crippen molar-refractivity contribution in [2.24, 2.45) is 5.41 Å². The van der Waals surface area contributed by atoms with Gasteiger partial charge in [0.1, 0.15) is 0 Å². The van der Waals surface area contributed by atoms with Crippen LogP contribution in [0.25, 0.3) is 6.08 Å². The molecule has 0 aliphatic heterocycles. The maximum atomic E-state index is 11.3. The number of carbonyl (C=O) groups is 1.